The number of hydrogen-bond donors (Lipinski definition) is 2. The molecule has 10 heavy (non-hydrogen) atoms. The summed E-state index contributed by atoms with van der Waals surface area (Å²) in [6.45, 7) is 0.707. The summed E-state index contributed by atoms with van der Waals surface area (Å²) in [6, 6.07) is 0. The fourth-order valence-electron chi connectivity index (χ4n) is 0.459. The molecular weight excluding hydrogens is 126 g/mol. The SMILES string of the molecule is C#CC[N+](CC#C)=C(N)N. The highest BCUT2D eigenvalue weighted by atomic mass is 15.1. The molecule has 0 rings (SSSR count). The van der Waals surface area contributed by atoms with Gasteiger partial charge in [-0.15, -0.1) is 12.8 Å². The van der Waals surface area contributed by atoms with Gasteiger partial charge in [-0.05, 0) is 0 Å². The van der Waals surface area contributed by atoms with E-state index in [0.717, 1.165) is 0 Å². The average Bonchev–Trinajstić information content (AvgIpc) is 1.87. The number of hydrogen-bond acceptors (Lipinski definition) is 0. The minimum absolute atomic E-state index is 0.163. The molecule has 0 radical (unpaired) electrons. The van der Waals surface area contributed by atoms with Gasteiger partial charge in [0.1, 0.15) is 13.1 Å². The van der Waals surface area contributed by atoms with Gasteiger partial charge in [0.25, 0.3) is 0 Å². The first-order valence-electron chi connectivity index (χ1n) is 2.72. The maximum Gasteiger partial charge on any atom is 0.342 e. The monoisotopic (exact) mass is 136 g/mol. The van der Waals surface area contributed by atoms with Gasteiger partial charge in [0.05, 0.1) is 0 Å². The molecule has 0 fully saturated rings. The minimum Gasteiger partial charge on any atom is -0.291 e. The van der Waals surface area contributed by atoms with Crippen molar-refractivity contribution >= 4 is 5.96 Å². The molecule has 4 N–H and O–H groups in total. The second-order valence-corrected chi connectivity index (χ2v) is 1.69. The molecule has 0 aliphatic carbocycles. The zero-order chi connectivity index (χ0) is 7.98. The molecule has 0 aromatic rings. The van der Waals surface area contributed by atoms with Crippen LogP contribution in [0.4, 0.5) is 0 Å². The van der Waals surface area contributed by atoms with Gasteiger partial charge < -0.3 is 0 Å². The van der Waals surface area contributed by atoms with Crippen molar-refractivity contribution in [2.45, 2.75) is 0 Å². The van der Waals surface area contributed by atoms with E-state index in [0.29, 0.717) is 13.1 Å². The highest BCUT2D eigenvalue weighted by molar-refractivity contribution is 5.70. The van der Waals surface area contributed by atoms with Crippen LogP contribution in [0.5, 0.6) is 0 Å². The summed E-state index contributed by atoms with van der Waals surface area (Å²) >= 11 is 0. The van der Waals surface area contributed by atoms with Crippen LogP contribution in [0.3, 0.4) is 0 Å². The molecular formula is C7H10N3+. The number of nitrogens with zero attached hydrogens (tertiary/aromatic N) is 1. The normalized spacial score (nSPS) is 7.40. The highest BCUT2D eigenvalue weighted by Crippen LogP contribution is 1.70. The van der Waals surface area contributed by atoms with Crippen molar-refractivity contribution < 1.29 is 4.58 Å². The third-order valence-corrected chi connectivity index (χ3v) is 0.929. The first-order valence-corrected chi connectivity index (χ1v) is 2.72. The van der Waals surface area contributed by atoms with Gasteiger partial charge in [-0.25, -0.2) is 4.58 Å². The second kappa shape index (κ2) is 4.29. The van der Waals surface area contributed by atoms with Crippen molar-refractivity contribution in [2.24, 2.45) is 11.5 Å². The van der Waals surface area contributed by atoms with Crippen LogP contribution in [0.1, 0.15) is 0 Å². The lowest BCUT2D eigenvalue weighted by atomic mass is 10.5. The predicted molar refractivity (Wildman–Crippen MR) is 41.0 cm³/mol. The molecule has 0 amide bonds. The molecule has 0 spiro atoms. The quantitative estimate of drug-likeness (QED) is 0.211. The number of terminal acetylenes is 2. The summed E-state index contributed by atoms with van der Waals surface area (Å²) in [4.78, 5) is 0. The summed E-state index contributed by atoms with van der Waals surface area (Å²) in [5.74, 6) is 4.93. The van der Waals surface area contributed by atoms with Crippen molar-refractivity contribution in [1.29, 1.82) is 0 Å². The molecule has 0 heterocycles. The van der Waals surface area contributed by atoms with Crippen LogP contribution in [-0.4, -0.2) is 23.6 Å². The van der Waals surface area contributed by atoms with Gasteiger partial charge in [0.15, 0.2) is 0 Å². The van der Waals surface area contributed by atoms with E-state index in [1.165, 1.54) is 4.58 Å². The topological polar surface area (TPSA) is 55.0 Å². The van der Waals surface area contributed by atoms with E-state index < -0.39 is 0 Å². The zero-order valence-corrected chi connectivity index (χ0v) is 5.67. The molecule has 0 aromatic heterocycles. The fraction of sp³-hybridized carbons (Fsp3) is 0.286. The molecule has 0 saturated heterocycles. The Bertz CT molecular complexity index is 192. The Balaban J connectivity index is 4.19. The van der Waals surface area contributed by atoms with Crippen molar-refractivity contribution in [2.75, 3.05) is 13.1 Å². The third-order valence-electron chi connectivity index (χ3n) is 0.929. The Kier molecular flexibility index (Phi) is 3.60. The van der Waals surface area contributed by atoms with Crippen molar-refractivity contribution in [3.05, 3.63) is 0 Å². The van der Waals surface area contributed by atoms with E-state index in [9.17, 15) is 0 Å². The Labute approximate surface area is 60.7 Å². The van der Waals surface area contributed by atoms with Crippen molar-refractivity contribution in [1.82, 2.24) is 0 Å². The Morgan fingerprint density at radius 1 is 1.20 bits per heavy atom. The second-order valence-electron chi connectivity index (χ2n) is 1.69. The Hall–Kier alpha value is -1.61. The van der Waals surface area contributed by atoms with Crippen LogP contribution < -0.4 is 11.5 Å². The number of guanidine groups is 1. The van der Waals surface area contributed by atoms with Gasteiger partial charge >= 0.3 is 5.96 Å². The largest absolute Gasteiger partial charge is 0.342 e. The van der Waals surface area contributed by atoms with E-state index in [1.54, 1.807) is 0 Å². The molecule has 0 bridgehead atoms. The van der Waals surface area contributed by atoms with E-state index >= 15 is 0 Å². The summed E-state index contributed by atoms with van der Waals surface area (Å²) in [5.41, 5.74) is 10.5. The smallest absolute Gasteiger partial charge is 0.291 e. The van der Waals surface area contributed by atoms with Crippen LogP contribution in [0.2, 0.25) is 0 Å². The molecule has 0 aromatic carbocycles. The first-order chi connectivity index (χ1) is 4.72. The van der Waals surface area contributed by atoms with Crippen LogP contribution in [-0.2, 0) is 0 Å². The Morgan fingerprint density at radius 3 is 1.80 bits per heavy atom. The maximum absolute atomic E-state index is 5.24. The maximum atomic E-state index is 5.24. The average molecular weight is 136 g/mol. The van der Waals surface area contributed by atoms with E-state index in [4.69, 9.17) is 24.3 Å². The molecule has 0 aliphatic heterocycles. The molecule has 0 unspecified atom stereocenters. The summed E-state index contributed by atoms with van der Waals surface area (Å²) in [7, 11) is 0. The Morgan fingerprint density at radius 2 is 1.60 bits per heavy atom. The first kappa shape index (κ1) is 8.39. The summed E-state index contributed by atoms with van der Waals surface area (Å²) in [5, 5.41) is 0. The summed E-state index contributed by atoms with van der Waals surface area (Å²) in [6.07, 6.45) is 10.0. The molecule has 0 aliphatic rings. The lowest BCUT2D eigenvalue weighted by molar-refractivity contribution is -0.504. The van der Waals surface area contributed by atoms with Gasteiger partial charge in [-0.3, -0.25) is 11.5 Å². The van der Waals surface area contributed by atoms with E-state index in [1.807, 2.05) is 0 Å². The standard InChI is InChI=1S/C7H9N3/c1-3-5-10(6-4-2)7(8)9/h1-2H,5-6H2,(H3,8,9)/p+1. The van der Waals surface area contributed by atoms with Gasteiger partial charge in [0, 0.05) is 0 Å². The van der Waals surface area contributed by atoms with Crippen LogP contribution in [0.15, 0.2) is 0 Å². The van der Waals surface area contributed by atoms with E-state index in [2.05, 4.69) is 11.8 Å². The molecule has 0 saturated carbocycles. The lowest BCUT2D eigenvalue weighted by Gasteiger charge is -1.98. The van der Waals surface area contributed by atoms with Crippen LogP contribution >= 0.6 is 0 Å². The van der Waals surface area contributed by atoms with Gasteiger partial charge in [0.2, 0.25) is 0 Å². The van der Waals surface area contributed by atoms with Gasteiger partial charge in [-0.2, -0.15) is 0 Å². The van der Waals surface area contributed by atoms with E-state index in [-0.39, 0.29) is 5.96 Å². The van der Waals surface area contributed by atoms with Crippen LogP contribution in [0, 0.1) is 24.7 Å². The predicted octanol–water partition coefficient (Wildman–Crippen LogP) is -1.46. The molecule has 52 valence electrons. The van der Waals surface area contributed by atoms with Crippen LogP contribution in [0.25, 0.3) is 0 Å². The number of rotatable bonds is 2. The highest BCUT2D eigenvalue weighted by Gasteiger charge is 1.97. The zero-order valence-electron chi connectivity index (χ0n) is 5.67. The number of nitrogens with two attached hydrogens (primary N) is 2. The molecule has 0 atom stereocenters. The minimum atomic E-state index is 0.163. The van der Waals surface area contributed by atoms with Crippen molar-refractivity contribution in [3.8, 4) is 24.7 Å². The lowest BCUT2D eigenvalue weighted by Crippen LogP contribution is -2.36. The molecule has 3 nitrogen and oxygen atoms in total. The summed E-state index contributed by atoms with van der Waals surface area (Å²) < 4.78 is 1.53. The fourth-order valence-corrected chi connectivity index (χ4v) is 0.459. The third kappa shape index (κ3) is 2.64. The molecule has 3 heteroatoms. The van der Waals surface area contributed by atoms with Crippen molar-refractivity contribution in [3.63, 3.8) is 0 Å². The van der Waals surface area contributed by atoms with Gasteiger partial charge in [-0.1, -0.05) is 11.8 Å².